The highest BCUT2D eigenvalue weighted by Crippen LogP contribution is 2.56. The van der Waals surface area contributed by atoms with Gasteiger partial charge in [0.15, 0.2) is 0 Å². The third-order valence-corrected chi connectivity index (χ3v) is 6.74. The van der Waals surface area contributed by atoms with E-state index in [9.17, 15) is 9.90 Å². The van der Waals surface area contributed by atoms with Crippen LogP contribution in [0.15, 0.2) is 18.2 Å². The number of carbonyl (C=O) groups is 1. The Kier molecular flexibility index (Phi) is 5.67. The van der Waals surface area contributed by atoms with Gasteiger partial charge in [-0.25, -0.2) is 4.79 Å². The van der Waals surface area contributed by atoms with Gasteiger partial charge in [0, 0.05) is 5.56 Å². The molecule has 28 heavy (non-hydrogen) atoms. The molecule has 1 N–H and O–H groups in total. The Balaban J connectivity index is 1.83. The smallest absolute Gasteiger partial charge is 0.497 e. The predicted octanol–water partition coefficient (Wildman–Crippen LogP) is 5.44. The first-order valence-corrected chi connectivity index (χ1v) is 10.6. The molecular formula is C22H30O6. The summed E-state index contributed by atoms with van der Waals surface area (Å²) in [6, 6.07) is 5.72. The van der Waals surface area contributed by atoms with Crippen molar-refractivity contribution in [2.24, 2.45) is 11.8 Å². The highest BCUT2D eigenvalue weighted by molar-refractivity contribution is 5.57. The van der Waals surface area contributed by atoms with Crippen molar-refractivity contribution in [2.45, 2.75) is 76.3 Å². The van der Waals surface area contributed by atoms with Crippen LogP contribution < -0.4 is 9.47 Å². The maximum Gasteiger partial charge on any atom is 0.510 e. The SMILES string of the molecule is COc1ccc2c(c1)C(C1CCCCC1)(C1CCCCC1)OC(OC(=O)O)O2. The molecule has 6 nitrogen and oxygen atoms in total. The lowest BCUT2D eigenvalue weighted by atomic mass is 9.63. The molecule has 1 heterocycles. The summed E-state index contributed by atoms with van der Waals surface area (Å²) in [7, 11) is 1.66. The number of carboxylic acid groups (broad SMARTS) is 1. The number of hydrogen-bond acceptors (Lipinski definition) is 5. The van der Waals surface area contributed by atoms with E-state index in [0.29, 0.717) is 17.6 Å². The molecular weight excluding hydrogens is 360 g/mol. The summed E-state index contributed by atoms with van der Waals surface area (Å²) in [5, 5.41) is 9.18. The normalized spacial score (nSPS) is 25.4. The van der Waals surface area contributed by atoms with E-state index >= 15 is 0 Å². The van der Waals surface area contributed by atoms with Gasteiger partial charge in [-0.1, -0.05) is 38.5 Å². The minimum Gasteiger partial charge on any atom is -0.497 e. The standard InChI is InChI=1S/C22H30O6/c1-25-17-12-13-19-18(14-17)22(15-8-4-2-5-9-15,16-10-6-3-7-11-16)28-21(26-19)27-20(23)24/h12-16,21H,2-11H2,1H3,(H,23,24). The second kappa shape index (κ2) is 8.19. The number of hydrogen-bond donors (Lipinski definition) is 1. The first kappa shape index (κ1) is 19.4. The predicted molar refractivity (Wildman–Crippen MR) is 102 cm³/mol. The van der Waals surface area contributed by atoms with Gasteiger partial charge < -0.3 is 19.3 Å². The van der Waals surface area contributed by atoms with E-state index in [4.69, 9.17) is 18.9 Å². The molecule has 3 aliphatic rings. The molecule has 2 saturated carbocycles. The fourth-order valence-corrected chi connectivity index (χ4v) is 5.55. The lowest BCUT2D eigenvalue weighted by Gasteiger charge is -2.52. The van der Waals surface area contributed by atoms with Crippen molar-refractivity contribution in [2.75, 3.05) is 7.11 Å². The van der Waals surface area contributed by atoms with E-state index in [1.807, 2.05) is 18.2 Å². The Morgan fingerprint density at radius 3 is 2.18 bits per heavy atom. The molecule has 1 atom stereocenters. The largest absolute Gasteiger partial charge is 0.510 e. The van der Waals surface area contributed by atoms with Crippen LogP contribution in [0.2, 0.25) is 0 Å². The Morgan fingerprint density at radius 1 is 1.04 bits per heavy atom. The molecule has 154 valence electrons. The van der Waals surface area contributed by atoms with Crippen molar-refractivity contribution in [1.82, 2.24) is 0 Å². The molecule has 0 amide bonds. The summed E-state index contributed by atoms with van der Waals surface area (Å²) >= 11 is 0. The van der Waals surface area contributed by atoms with Gasteiger partial charge in [0.25, 0.3) is 0 Å². The van der Waals surface area contributed by atoms with Crippen molar-refractivity contribution in [3.8, 4) is 11.5 Å². The molecule has 0 spiro atoms. The number of ether oxygens (including phenoxy) is 4. The summed E-state index contributed by atoms with van der Waals surface area (Å²) in [5.41, 5.74) is 0.402. The first-order chi connectivity index (χ1) is 13.6. The van der Waals surface area contributed by atoms with Crippen molar-refractivity contribution >= 4 is 6.16 Å². The maximum absolute atomic E-state index is 11.2. The Labute approximate surface area is 166 Å². The van der Waals surface area contributed by atoms with Gasteiger partial charge in [-0.05, 0) is 55.7 Å². The van der Waals surface area contributed by atoms with Crippen LogP contribution in [0.5, 0.6) is 11.5 Å². The fraction of sp³-hybridized carbons (Fsp3) is 0.682. The van der Waals surface area contributed by atoms with Gasteiger partial charge in [0.2, 0.25) is 0 Å². The minimum absolute atomic E-state index is 0.319. The van der Waals surface area contributed by atoms with Gasteiger partial charge in [-0.2, -0.15) is 0 Å². The molecule has 1 aromatic rings. The van der Waals surface area contributed by atoms with E-state index in [1.165, 1.54) is 38.5 Å². The molecule has 2 aliphatic carbocycles. The second-order valence-corrected chi connectivity index (χ2v) is 8.23. The van der Waals surface area contributed by atoms with E-state index < -0.39 is 18.2 Å². The van der Waals surface area contributed by atoms with Gasteiger partial charge >= 0.3 is 12.6 Å². The van der Waals surface area contributed by atoms with Crippen LogP contribution in [0.1, 0.15) is 69.8 Å². The molecule has 4 rings (SSSR count). The average molecular weight is 390 g/mol. The molecule has 0 bridgehead atoms. The first-order valence-electron chi connectivity index (χ1n) is 10.6. The highest BCUT2D eigenvalue weighted by Gasteiger charge is 2.54. The Hall–Kier alpha value is -1.95. The molecule has 1 aromatic carbocycles. The number of rotatable bonds is 4. The maximum atomic E-state index is 11.2. The molecule has 1 unspecified atom stereocenters. The van der Waals surface area contributed by atoms with Crippen molar-refractivity contribution in [1.29, 1.82) is 0 Å². The van der Waals surface area contributed by atoms with Crippen molar-refractivity contribution in [3.63, 3.8) is 0 Å². The zero-order chi connectivity index (χ0) is 19.6. The van der Waals surface area contributed by atoms with E-state index in [0.717, 1.165) is 37.0 Å². The Bertz CT molecular complexity index is 672. The van der Waals surface area contributed by atoms with Crippen LogP contribution in [0.4, 0.5) is 4.79 Å². The van der Waals surface area contributed by atoms with Gasteiger partial charge in [-0.3, -0.25) is 4.74 Å². The summed E-state index contributed by atoms with van der Waals surface area (Å²) in [6.07, 6.45) is 10.1. The van der Waals surface area contributed by atoms with Crippen LogP contribution in [-0.2, 0) is 15.1 Å². The molecule has 2 fully saturated rings. The third-order valence-electron chi connectivity index (χ3n) is 6.74. The summed E-state index contributed by atoms with van der Waals surface area (Å²) in [5.74, 6) is 2.05. The van der Waals surface area contributed by atoms with E-state index in [2.05, 4.69) is 0 Å². The molecule has 0 saturated heterocycles. The Morgan fingerprint density at radius 2 is 1.64 bits per heavy atom. The van der Waals surface area contributed by atoms with Crippen LogP contribution in [0.3, 0.4) is 0 Å². The fourth-order valence-electron chi connectivity index (χ4n) is 5.55. The van der Waals surface area contributed by atoms with Crippen LogP contribution >= 0.6 is 0 Å². The van der Waals surface area contributed by atoms with Crippen LogP contribution in [0, 0.1) is 11.8 Å². The van der Waals surface area contributed by atoms with E-state index in [-0.39, 0.29) is 0 Å². The molecule has 1 aliphatic heterocycles. The number of benzene rings is 1. The summed E-state index contributed by atoms with van der Waals surface area (Å²) in [6.45, 7) is -1.23. The lowest BCUT2D eigenvalue weighted by Crippen LogP contribution is -2.53. The zero-order valence-corrected chi connectivity index (χ0v) is 16.5. The van der Waals surface area contributed by atoms with E-state index in [1.54, 1.807) is 7.11 Å². The number of methoxy groups -OCH3 is 1. The lowest BCUT2D eigenvalue weighted by molar-refractivity contribution is -0.324. The summed E-state index contributed by atoms with van der Waals surface area (Å²) < 4.78 is 22.8. The topological polar surface area (TPSA) is 74.2 Å². The number of fused-ring (bicyclic) bond motifs is 1. The van der Waals surface area contributed by atoms with Crippen LogP contribution in [-0.4, -0.2) is 24.8 Å². The molecule has 0 radical (unpaired) electrons. The van der Waals surface area contributed by atoms with Crippen molar-refractivity contribution in [3.05, 3.63) is 23.8 Å². The zero-order valence-electron chi connectivity index (χ0n) is 16.5. The highest BCUT2D eigenvalue weighted by atomic mass is 16.9. The van der Waals surface area contributed by atoms with Crippen LogP contribution in [0.25, 0.3) is 0 Å². The minimum atomic E-state index is -1.39. The third kappa shape index (κ3) is 3.54. The van der Waals surface area contributed by atoms with Crippen molar-refractivity contribution < 1.29 is 28.8 Å². The summed E-state index contributed by atoms with van der Waals surface area (Å²) in [4.78, 5) is 11.2. The second-order valence-electron chi connectivity index (χ2n) is 8.23. The monoisotopic (exact) mass is 390 g/mol. The quantitative estimate of drug-likeness (QED) is 0.690. The van der Waals surface area contributed by atoms with Gasteiger partial charge in [0.05, 0.1) is 7.11 Å². The molecule has 0 aromatic heterocycles. The van der Waals surface area contributed by atoms with Gasteiger partial charge in [-0.15, -0.1) is 0 Å². The molecule has 6 heteroatoms. The van der Waals surface area contributed by atoms with Gasteiger partial charge in [0.1, 0.15) is 17.1 Å². The average Bonchev–Trinajstić information content (AvgIpc) is 2.73.